The first-order valence-electron chi connectivity index (χ1n) is 7.92. The molecule has 0 saturated carbocycles. The van der Waals surface area contributed by atoms with Crippen LogP contribution in [0.5, 0.6) is 0 Å². The smallest absolute Gasteiger partial charge is 0.338 e. The Balaban J connectivity index is 1.65. The third-order valence-electron chi connectivity index (χ3n) is 3.74. The van der Waals surface area contributed by atoms with Gasteiger partial charge in [0, 0.05) is 12.6 Å². The van der Waals surface area contributed by atoms with Gasteiger partial charge in [0.05, 0.1) is 22.4 Å². The third-order valence-corrected chi connectivity index (χ3v) is 3.74. The van der Waals surface area contributed by atoms with E-state index < -0.39 is 30.3 Å². The SMILES string of the molecule is C=CCN1C(=O)c2ccc(C(=O)OCC(=O)Nc3cc(C)no3)cc2C1=O. The number of amides is 3. The summed E-state index contributed by atoms with van der Waals surface area (Å²) in [6.07, 6.45) is 1.44. The summed E-state index contributed by atoms with van der Waals surface area (Å²) in [5.41, 5.74) is 0.957. The zero-order chi connectivity index (χ0) is 19.6. The number of fused-ring (bicyclic) bond motifs is 1. The van der Waals surface area contributed by atoms with Crippen LogP contribution in [0.1, 0.15) is 36.8 Å². The number of carbonyl (C=O) groups excluding carboxylic acids is 4. The van der Waals surface area contributed by atoms with E-state index in [1.165, 1.54) is 30.3 Å². The van der Waals surface area contributed by atoms with Crippen LogP contribution < -0.4 is 5.32 Å². The van der Waals surface area contributed by atoms with Gasteiger partial charge >= 0.3 is 5.97 Å². The van der Waals surface area contributed by atoms with E-state index in [2.05, 4.69) is 17.1 Å². The molecule has 0 atom stereocenters. The van der Waals surface area contributed by atoms with Crippen molar-refractivity contribution in [3.63, 3.8) is 0 Å². The molecule has 0 fully saturated rings. The van der Waals surface area contributed by atoms with Crippen molar-refractivity contribution in [3.8, 4) is 0 Å². The lowest BCUT2D eigenvalue weighted by Gasteiger charge is -2.09. The van der Waals surface area contributed by atoms with Crippen LogP contribution in [-0.2, 0) is 9.53 Å². The minimum Gasteiger partial charge on any atom is -0.452 e. The topological polar surface area (TPSA) is 119 Å². The molecule has 0 spiro atoms. The number of nitrogens with zero attached hydrogens (tertiary/aromatic N) is 2. The predicted molar refractivity (Wildman–Crippen MR) is 92.2 cm³/mol. The van der Waals surface area contributed by atoms with E-state index in [-0.39, 0.29) is 29.1 Å². The number of aromatic nitrogens is 1. The molecular formula is C18H15N3O6. The van der Waals surface area contributed by atoms with Crippen molar-refractivity contribution in [1.82, 2.24) is 10.1 Å². The van der Waals surface area contributed by atoms with E-state index in [9.17, 15) is 19.2 Å². The monoisotopic (exact) mass is 369 g/mol. The van der Waals surface area contributed by atoms with Crippen molar-refractivity contribution in [2.45, 2.75) is 6.92 Å². The molecular weight excluding hydrogens is 354 g/mol. The van der Waals surface area contributed by atoms with Gasteiger partial charge in [-0.3, -0.25) is 24.6 Å². The van der Waals surface area contributed by atoms with Crippen molar-refractivity contribution in [2.75, 3.05) is 18.5 Å². The van der Waals surface area contributed by atoms with E-state index in [4.69, 9.17) is 9.26 Å². The minimum atomic E-state index is -0.802. The standard InChI is InChI=1S/C18H15N3O6/c1-3-6-21-16(23)12-5-4-11(8-13(12)17(21)24)18(25)26-9-14(22)19-15-7-10(2)20-27-15/h3-5,7-8H,1,6,9H2,2H3,(H,19,22). The lowest BCUT2D eigenvalue weighted by atomic mass is 10.1. The maximum atomic E-state index is 12.3. The molecule has 9 heteroatoms. The number of hydrogen-bond acceptors (Lipinski definition) is 7. The molecule has 1 aliphatic heterocycles. The van der Waals surface area contributed by atoms with Gasteiger partial charge in [-0.2, -0.15) is 0 Å². The Morgan fingerprint density at radius 2 is 2.00 bits per heavy atom. The number of nitrogens with one attached hydrogen (secondary N) is 1. The predicted octanol–water partition coefficient (Wildman–Crippen LogP) is 1.56. The molecule has 0 saturated heterocycles. The largest absolute Gasteiger partial charge is 0.452 e. The maximum Gasteiger partial charge on any atom is 0.338 e. The number of hydrogen-bond donors (Lipinski definition) is 1. The van der Waals surface area contributed by atoms with Crippen LogP contribution >= 0.6 is 0 Å². The lowest BCUT2D eigenvalue weighted by Crippen LogP contribution is -2.29. The summed E-state index contributed by atoms with van der Waals surface area (Å²) >= 11 is 0. The molecule has 1 aromatic heterocycles. The quantitative estimate of drug-likeness (QED) is 0.466. The highest BCUT2D eigenvalue weighted by atomic mass is 16.5. The van der Waals surface area contributed by atoms with Gasteiger partial charge in [0.2, 0.25) is 5.88 Å². The van der Waals surface area contributed by atoms with Gasteiger partial charge in [-0.15, -0.1) is 6.58 Å². The average molecular weight is 369 g/mol. The summed E-state index contributed by atoms with van der Waals surface area (Å²) < 4.78 is 9.75. The number of aryl methyl sites for hydroxylation is 1. The van der Waals surface area contributed by atoms with E-state index >= 15 is 0 Å². The highest BCUT2D eigenvalue weighted by Crippen LogP contribution is 2.24. The zero-order valence-electron chi connectivity index (χ0n) is 14.4. The average Bonchev–Trinajstić information content (AvgIpc) is 3.16. The normalized spacial score (nSPS) is 12.7. The Morgan fingerprint density at radius 3 is 2.67 bits per heavy atom. The van der Waals surface area contributed by atoms with Gasteiger partial charge in [-0.1, -0.05) is 11.2 Å². The molecule has 0 radical (unpaired) electrons. The zero-order valence-corrected chi connectivity index (χ0v) is 14.4. The van der Waals surface area contributed by atoms with Crippen LogP contribution in [0, 0.1) is 6.92 Å². The fraction of sp³-hybridized carbons (Fsp3) is 0.167. The number of imide groups is 1. The fourth-order valence-corrected chi connectivity index (χ4v) is 2.52. The lowest BCUT2D eigenvalue weighted by molar-refractivity contribution is -0.119. The molecule has 1 N–H and O–H groups in total. The molecule has 3 rings (SSSR count). The van der Waals surface area contributed by atoms with Crippen molar-refractivity contribution >= 4 is 29.6 Å². The first kappa shape index (κ1) is 18.1. The third kappa shape index (κ3) is 3.61. The second-order valence-corrected chi connectivity index (χ2v) is 5.73. The molecule has 3 amide bonds. The number of rotatable bonds is 6. The Morgan fingerprint density at radius 1 is 1.26 bits per heavy atom. The summed E-state index contributed by atoms with van der Waals surface area (Å²) in [5.74, 6) is -2.23. The second-order valence-electron chi connectivity index (χ2n) is 5.73. The van der Waals surface area contributed by atoms with Gasteiger partial charge in [-0.05, 0) is 25.1 Å². The van der Waals surface area contributed by atoms with Crippen LogP contribution in [0.4, 0.5) is 5.88 Å². The Hall–Kier alpha value is -3.75. The minimum absolute atomic E-state index is 0.0543. The van der Waals surface area contributed by atoms with Crippen LogP contribution in [0.15, 0.2) is 41.4 Å². The van der Waals surface area contributed by atoms with E-state index in [1.807, 2.05) is 0 Å². The van der Waals surface area contributed by atoms with Gasteiger partial charge in [-0.25, -0.2) is 4.79 Å². The van der Waals surface area contributed by atoms with Crippen LogP contribution in [-0.4, -0.2) is 46.9 Å². The molecule has 27 heavy (non-hydrogen) atoms. The number of benzene rings is 1. The summed E-state index contributed by atoms with van der Waals surface area (Å²) in [5, 5.41) is 5.99. The molecule has 0 bridgehead atoms. The fourth-order valence-electron chi connectivity index (χ4n) is 2.52. The Kier molecular flexibility index (Phi) is 4.84. The van der Waals surface area contributed by atoms with Gasteiger partial charge in [0.15, 0.2) is 6.61 Å². The Labute approximate surface area is 153 Å². The summed E-state index contributed by atoms with van der Waals surface area (Å²) in [6.45, 7) is 4.72. The van der Waals surface area contributed by atoms with E-state index in [0.717, 1.165) is 4.90 Å². The second kappa shape index (κ2) is 7.24. The van der Waals surface area contributed by atoms with Gasteiger partial charge in [0.1, 0.15) is 0 Å². The molecule has 9 nitrogen and oxygen atoms in total. The van der Waals surface area contributed by atoms with Crippen LogP contribution in [0.25, 0.3) is 0 Å². The number of anilines is 1. The molecule has 1 aromatic carbocycles. The highest BCUT2D eigenvalue weighted by molar-refractivity contribution is 6.22. The molecule has 2 heterocycles. The van der Waals surface area contributed by atoms with Crippen molar-refractivity contribution in [3.05, 3.63) is 59.3 Å². The first-order chi connectivity index (χ1) is 12.9. The van der Waals surface area contributed by atoms with Gasteiger partial charge in [0.25, 0.3) is 17.7 Å². The van der Waals surface area contributed by atoms with Crippen LogP contribution in [0.2, 0.25) is 0 Å². The maximum absolute atomic E-state index is 12.3. The summed E-state index contributed by atoms with van der Waals surface area (Å²) in [4.78, 5) is 49.3. The summed E-state index contributed by atoms with van der Waals surface area (Å²) in [7, 11) is 0. The van der Waals surface area contributed by atoms with Crippen LogP contribution in [0.3, 0.4) is 0 Å². The Bertz CT molecular complexity index is 962. The molecule has 0 unspecified atom stereocenters. The molecule has 1 aliphatic rings. The van der Waals surface area contributed by atoms with Gasteiger partial charge < -0.3 is 9.26 Å². The number of esters is 1. The molecule has 0 aliphatic carbocycles. The van der Waals surface area contributed by atoms with Crippen molar-refractivity contribution in [2.24, 2.45) is 0 Å². The first-order valence-corrected chi connectivity index (χ1v) is 7.92. The highest BCUT2D eigenvalue weighted by Gasteiger charge is 2.35. The molecule has 2 aromatic rings. The number of carbonyl (C=O) groups is 4. The summed E-state index contributed by atoms with van der Waals surface area (Å²) in [6, 6.07) is 5.53. The van der Waals surface area contributed by atoms with Crippen molar-refractivity contribution < 1.29 is 28.4 Å². The molecule has 138 valence electrons. The van der Waals surface area contributed by atoms with Crippen molar-refractivity contribution in [1.29, 1.82) is 0 Å². The number of ether oxygens (including phenoxy) is 1. The van der Waals surface area contributed by atoms with E-state index in [1.54, 1.807) is 6.92 Å². The van der Waals surface area contributed by atoms with E-state index in [0.29, 0.717) is 5.69 Å².